The fraction of sp³-hybridized carbons (Fsp3) is 0.367. The van der Waals surface area contributed by atoms with Crippen LogP contribution in [0.5, 0.6) is 0 Å². The first-order chi connectivity index (χ1) is 36.8. The van der Waals surface area contributed by atoms with Crippen LogP contribution in [0.15, 0.2) is 103 Å². The Hall–Kier alpha value is -8.22. The Kier molecular flexibility index (Phi) is 22.6. The maximum absolute atomic E-state index is 12.3. The molecule has 7 rings (SSSR count). The molecule has 2 amide bonds. The standard InChI is InChI=1S/2C19H21N3O.C18H26O4.C4H6O6/c2*1-13-5-8-15(9-6-13)19-16(11-18(23)21(3)4)22-12-14(2)7-10-17(22)20-19;1-4-7-8-12-18(5-2,6-3)14-11-9-10-13(16(19)20)15(14)17(21)22;5-1(3(7)8)2(6)4(9)10/h2*5-10,12H,11H2,1-4H3;9-11H,4-8,12H2,1-3H3,(H,19,20)(H,21,22);1-2,5-6H,(H,7,8)(H,9,10). The van der Waals surface area contributed by atoms with E-state index in [2.05, 4.69) is 83.1 Å². The molecule has 0 fully saturated rings. The van der Waals surface area contributed by atoms with Gasteiger partial charge in [0, 0.05) is 51.7 Å². The van der Waals surface area contributed by atoms with Gasteiger partial charge >= 0.3 is 23.9 Å². The van der Waals surface area contributed by atoms with Crippen LogP contribution in [0.25, 0.3) is 33.8 Å². The Morgan fingerprint density at radius 2 is 0.936 bits per heavy atom. The van der Waals surface area contributed by atoms with Crippen molar-refractivity contribution < 1.29 is 59.4 Å². The molecule has 0 radical (unpaired) electrons. The molecule has 4 heterocycles. The number of carbonyl (C=O) groups is 6. The summed E-state index contributed by atoms with van der Waals surface area (Å²) in [7, 11) is 7.12. The molecule has 18 nitrogen and oxygen atoms in total. The summed E-state index contributed by atoms with van der Waals surface area (Å²) < 4.78 is 4.07. The number of benzene rings is 3. The van der Waals surface area contributed by atoms with Crippen molar-refractivity contribution in [1.82, 2.24) is 28.6 Å². The average molecular weight is 1070 g/mol. The van der Waals surface area contributed by atoms with Crippen molar-refractivity contribution in [2.24, 2.45) is 0 Å². The number of carboxylic acid groups (broad SMARTS) is 4. The number of amides is 2. The SMILES string of the molecule is CCCCCC(CC)(CC)c1cccc(C(=O)O)c1C(=O)O.Cc1ccc(-c2nc3ccc(C)cn3c2CC(=O)N(C)C)cc1.Cc1ccc(-c2nc3ccc(C)cn3c2CC(=O)N(C)C)cc1.O=C(O)C(O)C(O)C(=O)O. The van der Waals surface area contributed by atoms with Gasteiger partial charge in [-0.15, -0.1) is 0 Å². The van der Waals surface area contributed by atoms with Gasteiger partial charge in [-0.1, -0.05) is 124 Å². The largest absolute Gasteiger partial charge is 0.479 e. The number of aryl methyl sites for hydroxylation is 4. The zero-order valence-electron chi connectivity index (χ0n) is 46.4. The lowest BCUT2D eigenvalue weighted by atomic mass is 9.70. The van der Waals surface area contributed by atoms with Gasteiger partial charge in [-0.05, 0) is 87.3 Å². The van der Waals surface area contributed by atoms with Crippen LogP contribution in [0, 0.1) is 27.7 Å². The predicted molar refractivity (Wildman–Crippen MR) is 299 cm³/mol. The minimum Gasteiger partial charge on any atom is -0.479 e. The molecule has 6 N–H and O–H groups in total. The van der Waals surface area contributed by atoms with Crippen LogP contribution in [-0.2, 0) is 37.4 Å². The molecule has 3 aromatic carbocycles. The fourth-order valence-corrected chi connectivity index (χ4v) is 8.73. The number of aromatic carboxylic acids is 2. The average Bonchev–Trinajstić information content (AvgIpc) is 3.96. The summed E-state index contributed by atoms with van der Waals surface area (Å²) in [5.41, 5.74) is 12.4. The van der Waals surface area contributed by atoms with E-state index in [0.29, 0.717) is 18.4 Å². The number of carboxylic acids is 4. The van der Waals surface area contributed by atoms with Crippen molar-refractivity contribution in [2.45, 2.75) is 117 Å². The number of imidazole rings is 2. The zero-order chi connectivity index (χ0) is 58.2. The lowest BCUT2D eigenvalue weighted by Gasteiger charge is -2.34. The number of hydrogen-bond acceptors (Lipinski definition) is 10. The van der Waals surface area contributed by atoms with Crippen LogP contribution in [0.4, 0.5) is 0 Å². The van der Waals surface area contributed by atoms with Crippen molar-refractivity contribution in [3.8, 4) is 22.5 Å². The van der Waals surface area contributed by atoms with Gasteiger partial charge in [-0.3, -0.25) is 9.59 Å². The van der Waals surface area contributed by atoms with Crippen LogP contribution in [-0.4, -0.2) is 135 Å². The number of nitrogens with zero attached hydrogens (tertiary/aromatic N) is 6. The minimum atomic E-state index is -2.27. The van der Waals surface area contributed by atoms with Crippen LogP contribution in [0.2, 0.25) is 0 Å². The van der Waals surface area contributed by atoms with Crippen molar-refractivity contribution in [1.29, 1.82) is 0 Å². The molecular weight excluding hydrogens is 997 g/mol. The Morgan fingerprint density at radius 3 is 1.27 bits per heavy atom. The second-order valence-corrected chi connectivity index (χ2v) is 19.7. The van der Waals surface area contributed by atoms with Crippen molar-refractivity contribution in [3.05, 3.63) is 154 Å². The van der Waals surface area contributed by atoms with Crippen LogP contribution in [0.3, 0.4) is 0 Å². The molecule has 2 atom stereocenters. The highest BCUT2D eigenvalue weighted by Crippen LogP contribution is 2.40. The minimum absolute atomic E-state index is 0.0461. The second-order valence-electron chi connectivity index (χ2n) is 19.7. The summed E-state index contributed by atoms with van der Waals surface area (Å²) in [6, 6.07) is 29.4. The van der Waals surface area contributed by atoms with E-state index in [1.807, 2.05) is 59.3 Å². The molecule has 0 saturated carbocycles. The van der Waals surface area contributed by atoms with Crippen molar-refractivity contribution in [3.63, 3.8) is 0 Å². The topological polar surface area (TPSA) is 265 Å². The van der Waals surface area contributed by atoms with Crippen molar-refractivity contribution in [2.75, 3.05) is 28.2 Å². The van der Waals surface area contributed by atoms with Crippen molar-refractivity contribution >= 4 is 47.0 Å². The van der Waals surface area contributed by atoms with Gasteiger partial charge in [0.05, 0.1) is 46.7 Å². The monoisotopic (exact) mass is 1070 g/mol. The lowest BCUT2D eigenvalue weighted by Crippen LogP contribution is -2.39. The molecular formula is C60H74N6O12. The third-order valence-electron chi connectivity index (χ3n) is 13.5. The highest BCUT2D eigenvalue weighted by atomic mass is 16.4. The summed E-state index contributed by atoms with van der Waals surface area (Å²) in [4.78, 5) is 79.9. The van der Waals surface area contributed by atoms with E-state index in [-0.39, 0.29) is 28.4 Å². The summed E-state index contributed by atoms with van der Waals surface area (Å²) in [5, 5.41) is 51.4. The first kappa shape index (κ1) is 62.3. The molecule has 78 heavy (non-hydrogen) atoms. The molecule has 0 spiro atoms. The third-order valence-corrected chi connectivity index (χ3v) is 13.5. The van der Waals surface area contributed by atoms with Gasteiger partial charge in [0.25, 0.3) is 0 Å². The maximum atomic E-state index is 12.3. The van der Waals surface area contributed by atoms with E-state index in [0.717, 1.165) is 94.8 Å². The van der Waals surface area contributed by atoms with Gasteiger partial charge in [0.2, 0.25) is 11.8 Å². The Morgan fingerprint density at radius 1 is 0.538 bits per heavy atom. The van der Waals surface area contributed by atoms with Crippen LogP contribution in [0.1, 0.15) is 119 Å². The molecule has 4 aromatic heterocycles. The van der Waals surface area contributed by atoms with E-state index in [4.69, 9.17) is 30.4 Å². The first-order valence-corrected chi connectivity index (χ1v) is 25.7. The number of carbonyl (C=O) groups excluding carboxylic acids is 2. The summed E-state index contributed by atoms with van der Waals surface area (Å²) in [5.74, 6) is -5.74. The number of aliphatic carboxylic acids is 2. The van der Waals surface area contributed by atoms with Gasteiger partial charge in [0.1, 0.15) is 11.3 Å². The molecule has 2 unspecified atom stereocenters. The highest BCUT2D eigenvalue weighted by molar-refractivity contribution is 6.03. The fourth-order valence-electron chi connectivity index (χ4n) is 8.73. The number of rotatable bonds is 18. The number of aliphatic hydroxyl groups is 2. The molecule has 7 aromatic rings. The summed E-state index contributed by atoms with van der Waals surface area (Å²) >= 11 is 0. The molecule has 18 heteroatoms. The molecule has 0 aliphatic rings. The lowest BCUT2D eigenvalue weighted by molar-refractivity contribution is -0.165. The van der Waals surface area contributed by atoms with Gasteiger partial charge in [-0.2, -0.15) is 0 Å². The Bertz CT molecular complexity index is 3040. The normalized spacial score (nSPS) is 11.7. The Labute approximate surface area is 455 Å². The molecule has 0 saturated heterocycles. The molecule has 416 valence electrons. The molecule has 0 aliphatic heterocycles. The Balaban J connectivity index is 0.000000232. The molecule has 0 aliphatic carbocycles. The number of unbranched alkanes of at least 4 members (excludes halogenated alkanes) is 2. The number of aromatic nitrogens is 4. The van der Waals surface area contributed by atoms with Crippen LogP contribution < -0.4 is 0 Å². The van der Waals surface area contributed by atoms with E-state index < -0.39 is 36.1 Å². The smallest absolute Gasteiger partial charge is 0.336 e. The summed E-state index contributed by atoms with van der Waals surface area (Å²) in [6.45, 7) is 14.4. The number of fused-ring (bicyclic) bond motifs is 2. The number of pyridine rings is 2. The third kappa shape index (κ3) is 15.9. The van der Waals surface area contributed by atoms with E-state index in [9.17, 15) is 39.0 Å². The summed E-state index contributed by atoms with van der Waals surface area (Å²) in [6.07, 6.45) is 5.93. The van der Waals surface area contributed by atoms with Crippen LogP contribution >= 0.6 is 0 Å². The zero-order valence-corrected chi connectivity index (χ0v) is 46.4. The van der Waals surface area contributed by atoms with Gasteiger partial charge < -0.3 is 49.2 Å². The quantitative estimate of drug-likeness (QED) is 0.0438. The van der Waals surface area contributed by atoms with E-state index in [1.54, 1.807) is 50.1 Å². The number of hydrogen-bond donors (Lipinski definition) is 6. The van der Waals surface area contributed by atoms with Gasteiger partial charge in [0.15, 0.2) is 12.2 Å². The maximum Gasteiger partial charge on any atom is 0.336 e. The first-order valence-electron chi connectivity index (χ1n) is 25.7. The van der Waals surface area contributed by atoms with E-state index >= 15 is 0 Å². The van der Waals surface area contributed by atoms with E-state index in [1.165, 1.54) is 17.2 Å². The number of aliphatic hydroxyl groups excluding tert-OH is 2. The number of likely N-dealkylation sites (N-methyl/N-ethyl adjacent to an activating group) is 2. The predicted octanol–water partition coefficient (Wildman–Crippen LogP) is 9.10. The molecule has 0 bridgehead atoms. The highest BCUT2D eigenvalue weighted by Gasteiger charge is 2.34. The second kappa shape index (κ2) is 28.2. The van der Waals surface area contributed by atoms with Gasteiger partial charge in [-0.25, -0.2) is 29.1 Å².